The van der Waals surface area contributed by atoms with E-state index in [1.165, 1.54) is 5.56 Å². The molecule has 1 saturated heterocycles. The van der Waals surface area contributed by atoms with Crippen LogP contribution in [0.1, 0.15) is 52.0 Å². The summed E-state index contributed by atoms with van der Waals surface area (Å²) in [7, 11) is -0.861. The first-order valence-electron chi connectivity index (χ1n) is 7.69. The fourth-order valence-electron chi connectivity index (χ4n) is 2.87. The summed E-state index contributed by atoms with van der Waals surface area (Å²) in [6.45, 7) is 7.76. The van der Waals surface area contributed by atoms with Crippen LogP contribution in [-0.2, 0) is 9.31 Å². The van der Waals surface area contributed by atoms with Crippen molar-refractivity contribution in [2.24, 2.45) is 0 Å². The minimum absolute atomic E-state index is 0.234. The molecule has 1 saturated carbocycles. The van der Waals surface area contributed by atoms with Crippen molar-refractivity contribution in [3.8, 4) is 0 Å². The van der Waals surface area contributed by atoms with Gasteiger partial charge in [-0.1, -0.05) is 34.1 Å². The number of hydrogen-bond acceptors (Lipinski definition) is 2. The van der Waals surface area contributed by atoms with Crippen LogP contribution in [0.2, 0.25) is 0 Å². The van der Waals surface area contributed by atoms with Gasteiger partial charge in [-0.25, -0.2) is 4.39 Å². The maximum atomic E-state index is 14.6. The summed E-state index contributed by atoms with van der Waals surface area (Å²) >= 11 is 3.57. The van der Waals surface area contributed by atoms with Crippen molar-refractivity contribution in [3.05, 3.63) is 45.6 Å². The smallest absolute Gasteiger partial charge is 0.398 e. The standard InChI is InChI=1S/C17H21BBrFO2/c1-16(2)17(3,4)22-18(21-16)15(20)12-9-11(10-12)13-7-5-6-8-14(13)19/h5-8,11H,9-10H2,1-4H3. The molecule has 2 aliphatic rings. The average Bonchev–Trinajstić information content (AvgIpc) is 2.59. The Morgan fingerprint density at radius 1 is 1.14 bits per heavy atom. The molecule has 0 aromatic heterocycles. The van der Waals surface area contributed by atoms with Gasteiger partial charge in [-0.3, -0.25) is 0 Å². The SMILES string of the molecule is CC1(C)OB(C(F)=C2CC(c3ccccc3Br)C2)OC1(C)C. The lowest BCUT2D eigenvalue weighted by atomic mass is 9.70. The van der Waals surface area contributed by atoms with Crippen molar-refractivity contribution in [2.75, 3.05) is 0 Å². The highest BCUT2D eigenvalue weighted by atomic mass is 79.9. The second kappa shape index (κ2) is 5.46. The van der Waals surface area contributed by atoms with Crippen LogP contribution in [0.5, 0.6) is 0 Å². The summed E-state index contributed by atoms with van der Waals surface area (Å²) < 4.78 is 27.3. The first-order chi connectivity index (χ1) is 10.2. The first kappa shape index (κ1) is 16.2. The molecule has 1 heterocycles. The molecule has 0 radical (unpaired) electrons. The Morgan fingerprint density at radius 3 is 2.23 bits per heavy atom. The topological polar surface area (TPSA) is 18.5 Å². The van der Waals surface area contributed by atoms with E-state index < -0.39 is 18.3 Å². The Hall–Kier alpha value is -0.645. The predicted molar refractivity (Wildman–Crippen MR) is 90.3 cm³/mol. The van der Waals surface area contributed by atoms with Gasteiger partial charge in [0.2, 0.25) is 0 Å². The highest BCUT2D eigenvalue weighted by Gasteiger charge is 2.54. The van der Waals surface area contributed by atoms with Crippen LogP contribution in [0, 0.1) is 0 Å². The van der Waals surface area contributed by atoms with E-state index in [1.54, 1.807) is 0 Å². The molecule has 1 aliphatic heterocycles. The van der Waals surface area contributed by atoms with Gasteiger partial charge in [-0.05, 0) is 63.7 Å². The van der Waals surface area contributed by atoms with Gasteiger partial charge in [-0.15, -0.1) is 0 Å². The predicted octanol–water partition coefficient (Wildman–Crippen LogP) is 5.18. The molecule has 0 atom stereocenters. The largest absolute Gasteiger partial charge is 0.525 e. The first-order valence-corrected chi connectivity index (χ1v) is 8.48. The fourth-order valence-corrected chi connectivity index (χ4v) is 3.48. The number of benzene rings is 1. The third-order valence-electron chi connectivity index (χ3n) is 5.13. The van der Waals surface area contributed by atoms with Gasteiger partial charge in [0.15, 0.2) is 0 Å². The van der Waals surface area contributed by atoms with E-state index in [0.29, 0.717) is 5.92 Å². The summed E-state index contributed by atoms with van der Waals surface area (Å²) in [5, 5.41) is 0. The Morgan fingerprint density at radius 2 is 1.68 bits per heavy atom. The second-order valence-corrected chi connectivity index (χ2v) is 8.02. The average molecular weight is 367 g/mol. The molecule has 118 valence electrons. The molecule has 0 unspecified atom stereocenters. The van der Waals surface area contributed by atoms with Crippen molar-refractivity contribution in [1.29, 1.82) is 0 Å². The number of rotatable bonds is 2. The molecule has 0 N–H and O–H groups in total. The summed E-state index contributed by atoms with van der Waals surface area (Å²) in [6, 6.07) is 8.14. The molecule has 2 nitrogen and oxygen atoms in total. The quantitative estimate of drug-likeness (QED) is 0.671. The van der Waals surface area contributed by atoms with E-state index >= 15 is 0 Å². The summed E-state index contributed by atoms with van der Waals surface area (Å²) in [5.74, 6) is 0.374. The van der Waals surface area contributed by atoms with E-state index in [9.17, 15) is 4.39 Å². The number of halogens is 2. The van der Waals surface area contributed by atoms with Crippen LogP contribution in [0.25, 0.3) is 0 Å². The van der Waals surface area contributed by atoms with E-state index in [-0.39, 0.29) is 5.73 Å². The lowest BCUT2D eigenvalue weighted by Gasteiger charge is -2.32. The van der Waals surface area contributed by atoms with Crippen LogP contribution in [-0.4, -0.2) is 18.3 Å². The van der Waals surface area contributed by atoms with Crippen LogP contribution < -0.4 is 0 Å². The number of hydrogen-bond donors (Lipinski definition) is 0. The highest BCUT2D eigenvalue weighted by molar-refractivity contribution is 9.10. The Labute approximate surface area is 140 Å². The van der Waals surface area contributed by atoms with Crippen LogP contribution >= 0.6 is 15.9 Å². The fraction of sp³-hybridized carbons (Fsp3) is 0.529. The van der Waals surface area contributed by atoms with Gasteiger partial charge in [-0.2, -0.15) is 0 Å². The molecule has 1 aliphatic carbocycles. The van der Waals surface area contributed by atoms with Crippen molar-refractivity contribution in [1.82, 2.24) is 0 Å². The number of allylic oxidation sites excluding steroid dienone is 1. The van der Waals surface area contributed by atoms with Crippen molar-refractivity contribution < 1.29 is 13.7 Å². The minimum Gasteiger partial charge on any atom is -0.398 e. The van der Waals surface area contributed by atoms with Gasteiger partial charge in [0.25, 0.3) is 0 Å². The third kappa shape index (κ3) is 2.68. The zero-order valence-electron chi connectivity index (χ0n) is 13.5. The van der Waals surface area contributed by atoms with Crippen molar-refractivity contribution in [2.45, 2.75) is 57.7 Å². The van der Waals surface area contributed by atoms with Gasteiger partial charge < -0.3 is 9.31 Å². The van der Waals surface area contributed by atoms with E-state index in [1.807, 2.05) is 45.9 Å². The zero-order valence-corrected chi connectivity index (χ0v) is 15.0. The van der Waals surface area contributed by atoms with Crippen molar-refractivity contribution in [3.63, 3.8) is 0 Å². The van der Waals surface area contributed by atoms with Gasteiger partial charge in [0, 0.05) is 4.47 Å². The Bertz CT molecular complexity index is 603. The molecule has 1 aromatic rings. The molecule has 2 fully saturated rings. The molecule has 0 spiro atoms. The Kier molecular flexibility index (Phi) is 4.03. The van der Waals surface area contributed by atoms with Crippen LogP contribution in [0.4, 0.5) is 4.39 Å². The van der Waals surface area contributed by atoms with Crippen LogP contribution in [0.15, 0.2) is 40.0 Å². The molecule has 0 bridgehead atoms. The van der Waals surface area contributed by atoms with Crippen molar-refractivity contribution >= 4 is 23.0 Å². The lowest BCUT2D eigenvalue weighted by molar-refractivity contribution is 0.00578. The zero-order chi connectivity index (χ0) is 16.1. The maximum absolute atomic E-state index is 14.6. The normalized spacial score (nSPS) is 26.0. The van der Waals surface area contributed by atoms with Crippen LogP contribution in [0.3, 0.4) is 0 Å². The summed E-state index contributed by atoms with van der Waals surface area (Å²) in [5.41, 5.74) is 0.830. The van der Waals surface area contributed by atoms with E-state index in [2.05, 4.69) is 22.0 Å². The molecule has 22 heavy (non-hydrogen) atoms. The molecule has 1 aromatic carbocycles. The second-order valence-electron chi connectivity index (χ2n) is 7.17. The molecule has 5 heteroatoms. The maximum Gasteiger partial charge on any atom is 0.525 e. The van der Waals surface area contributed by atoms with Gasteiger partial charge >= 0.3 is 7.12 Å². The molecule has 0 amide bonds. The van der Waals surface area contributed by atoms with E-state index in [0.717, 1.165) is 22.9 Å². The Balaban J connectivity index is 1.72. The third-order valence-corrected chi connectivity index (χ3v) is 5.85. The monoisotopic (exact) mass is 366 g/mol. The molecule has 3 rings (SSSR count). The van der Waals surface area contributed by atoms with E-state index in [4.69, 9.17) is 9.31 Å². The summed E-state index contributed by atoms with van der Waals surface area (Å²) in [6.07, 6.45) is 1.47. The minimum atomic E-state index is -0.861. The lowest BCUT2D eigenvalue weighted by Crippen LogP contribution is -2.41. The summed E-state index contributed by atoms with van der Waals surface area (Å²) in [4.78, 5) is 0. The molecular formula is C17H21BBrFO2. The van der Waals surface area contributed by atoms with Gasteiger partial charge in [0.05, 0.1) is 11.2 Å². The highest BCUT2D eigenvalue weighted by Crippen LogP contribution is 2.47. The molecular weight excluding hydrogens is 346 g/mol. The van der Waals surface area contributed by atoms with Gasteiger partial charge in [0.1, 0.15) is 5.73 Å².